The predicted molar refractivity (Wildman–Crippen MR) is 105 cm³/mol. The molecule has 0 aromatic carbocycles. The first-order valence-corrected chi connectivity index (χ1v) is 9.90. The molecule has 0 atom stereocenters. The molecule has 2 fully saturated rings. The van der Waals surface area contributed by atoms with Crippen LogP contribution in [0.4, 0.5) is 19.1 Å². The Labute approximate surface area is 181 Å². The zero-order valence-electron chi connectivity index (χ0n) is 17.3. The summed E-state index contributed by atoms with van der Waals surface area (Å²) >= 11 is 0. The first kappa shape index (κ1) is 23.5. The smallest absolute Gasteiger partial charge is 0.475 e. The summed E-state index contributed by atoms with van der Waals surface area (Å²) in [6.45, 7) is 5.40. The van der Waals surface area contributed by atoms with Gasteiger partial charge < -0.3 is 24.1 Å². The van der Waals surface area contributed by atoms with Crippen LogP contribution in [0.15, 0.2) is 35.2 Å². The van der Waals surface area contributed by atoms with Crippen LogP contribution in [0.25, 0.3) is 0 Å². The molecule has 0 saturated carbocycles. The molecule has 9 nitrogen and oxygen atoms in total. The molecule has 0 unspecified atom stereocenters. The SMILES string of the molecule is Cc1cnc(N2CCC3(CC2)CN(C(=O)c2ccco2)CCO3)nc1.O=C(O)C(F)(F)F. The van der Waals surface area contributed by atoms with Crippen molar-refractivity contribution in [3.63, 3.8) is 0 Å². The van der Waals surface area contributed by atoms with E-state index in [0.29, 0.717) is 25.5 Å². The highest BCUT2D eigenvalue weighted by atomic mass is 19.4. The quantitative estimate of drug-likeness (QED) is 0.735. The zero-order valence-corrected chi connectivity index (χ0v) is 17.3. The average Bonchev–Trinajstić information content (AvgIpc) is 3.29. The lowest BCUT2D eigenvalue weighted by Crippen LogP contribution is -2.58. The van der Waals surface area contributed by atoms with Gasteiger partial charge >= 0.3 is 12.1 Å². The number of carboxylic acids is 1. The van der Waals surface area contributed by atoms with Crippen molar-refractivity contribution in [2.24, 2.45) is 0 Å². The molecule has 32 heavy (non-hydrogen) atoms. The van der Waals surface area contributed by atoms with Gasteiger partial charge in [0.05, 0.1) is 25.0 Å². The van der Waals surface area contributed by atoms with Crippen molar-refractivity contribution in [1.29, 1.82) is 0 Å². The Morgan fingerprint density at radius 2 is 1.78 bits per heavy atom. The third-order valence-electron chi connectivity index (χ3n) is 5.23. The summed E-state index contributed by atoms with van der Waals surface area (Å²) in [5.41, 5.74) is 0.779. The summed E-state index contributed by atoms with van der Waals surface area (Å²) in [7, 11) is 0. The number of anilines is 1. The lowest BCUT2D eigenvalue weighted by atomic mass is 9.89. The first-order chi connectivity index (χ1) is 15.1. The fourth-order valence-corrected chi connectivity index (χ4v) is 3.54. The van der Waals surface area contributed by atoms with Gasteiger partial charge in [0.25, 0.3) is 5.91 Å². The number of nitrogens with zero attached hydrogens (tertiary/aromatic N) is 4. The Morgan fingerprint density at radius 3 is 2.31 bits per heavy atom. The third-order valence-corrected chi connectivity index (χ3v) is 5.23. The number of aryl methyl sites for hydroxylation is 1. The van der Waals surface area contributed by atoms with Crippen molar-refractivity contribution in [2.45, 2.75) is 31.5 Å². The Kier molecular flexibility index (Phi) is 7.02. The van der Waals surface area contributed by atoms with Gasteiger partial charge in [-0.1, -0.05) is 0 Å². The van der Waals surface area contributed by atoms with Gasteiger partial charge in [-0.2, -0.15) is 13.2 Å². The van der Waals surface area contributed by atoms with Crippen LogP contribution in [0.1, 0.15) is 29.0 Å². The van der Waals surface area contributed by atoms with E-state index in [4.69, 9.17) is 19.1 Å². The first-order valence-electron chi connectivity index (χ1n) is 9.90. The maximum atomic E-state index is 12.6. The minimum atomic E-state index is -5.08. The number of piperidine rings is 1. The lowest BCUT2D eigenvalue weighted by Gasteiger charge is -2.47. The standard InChI is InChI=1S/C18H22N4O3.C2HF3O2/c1-14-11-19-17(20-12-14)21-6-4-18(5-7-21)13-22(8-10-25-18)16(23)15-3-2-9-24-15;3-2(4,5)1(6)7/h2-3,9,11-12H,4-8,10,13H2,1H3;(H,6,7). The number of ether oxygens (including phenoxy) is 1. The fourth-order valence-electron chi connectivity index (χ4n) is 3.54. The van der Waals surface area contributed by atoms with Crippen LogP contribution in [0, 0.1) is 6.92 Å². The Bertz CT molecular complexity index is 910. The van der Waals surface area contributed by atoms with E-state index in [2.05, 4.69) is 14.9 Å². The minimum Gasteiger partial charge on any atom is -0.475 e. The van der Waals surface area contributed by atoms with Crippen LogP contribution in [0.2, 0.25) is 0 Å². The largest absolute Gasteiger partial charge is 0.490 e. The lowest BCUT2D eigenvalue weighted by molar-refractivity contribution is -0.192. The third kappa shape index (κ3) is 5.75. The molecule has 4 rings (SSSR count). The van der Waals surface area contributed by atoms with Crippen LogP contribution in [-0.4, -0.2) is 76.4 Å². The molecule has 1 spiro atoms. The van der Waals surface area contributed by atoms with E-state index < -0.39 is 12.1 Å². The van der Waals surface area contributed by atoms with Gasteiger partial charge in [-0.25, -0.2) is 14.8 Å². The summed E-state index contributed by atoms with van der Waals surface area (Å²) in [4.78, 5) is 34.3. The fraction of sp³-hybridized carbons (Fsp3) is 0.500. The van der Waals surface area contributed by atoms with Crippen molar-refractivity contribution in [3.05, 3.63) is 42.1 Å². The number of hydrogen-bond donors (Lipinski definition) is 1. The Hall–Kier alpha value is -3.15. The Morgan fingerprint density at radius 1 is 1.16 bits per heavy atom. The minimum absolute atomic E-state index is 0.0584. The molecule has 0 radical (unpaired) electrons. The number of halogens is 3. The number of aliphatic carboxylic acids is 1. The normalized spacial score (nSPS) is 18.1. The van der Waals surface area contributed by atoms with Gasteiger partial charge in [0.15, 0.2) is 5.76 Å². The molecule has 1 N–H and O–H groups in total. The number of alkyl halides is 3. The molecule has 1 amide bonds. The summed E-state index contributed by atoms with van der Waals surface area (Å²) in [6.07, 6.45) is 1.84. The number of rotatable bonds is 2. The average molecular weight is 456 g/mol. The molecule has 12 heteroatoms. The van der Waals surface area contributed by atoms with Crippen molar-refractivity contribution in [1.82, 2.24) is 14.9 Å². The molecule has 2 saturated heterocycles. The topological polar surface area (TPSA) is 109 Å². The van der Waals surface area contributed by atoms with E-state index in [0.717, 1.165) is 37.4 Å². The molecule has 0 bridgehead atoms. The van der Waals surface area contributed by atoms with Crippen LogP contribution >= 0.6 is 0 Å². The molecule has 2 aromatic rings. The van der Waals surface area contributed by atoms with Gasteiger partial charge in [0.1, 0.15) is 0 Å². The summed E-state index contributed by atoms with van der Waals surface area (Å²) in [6, 6.07) is 3.45. The number of hydrogen-bond acceptors (Lipinski definition) is 7. The van der Waals surface area contributed by atoms with Crippen molar-refractivity contribution >= 4 is 17.8 Å². The number of amides is 1. The van der Waals surface area contributed by atoms with Gasteiger partial charge in [-0.15, -0.1) is 0 Å². The number of carbonyl (C=O) groups is 2. The molecular weight excluding hydrogens is 433 g/mol. The monoisotopic (exact) mass is 456 g/mol. The van der Waals surface area contributed by atoms with E-state index in [1.165, 1.54) is 6.26 Å². The van der Waals surface area contributed by atoms with Crippen LogP contribution < -0.4 is 4.90 Å². The highest BCUT2D eigenvalue weighted by molar-refractivity contribution is 5.91. The maximum Gasteiger partial charge on any atom is 0.490 e. The highest BCUT2D eigenvalue weighted by Gasteiger charge is 2.42. The van der Waals surface area contributed by atoms with Gasteiger partial charge in [-0.05, 0) is 37.5 Å². The van der Waals surface area contributed by atoms with Crippen molar-refractivity contribution in [3.8, 4) is 0 Å². The predicted octanol–water partition coefficient (Wildman–Crippen LogP) is 2.52. The van der Waals surface area contributed by atoms with Gasteiger partial charge in [0.2, 0.25) is 5.95 Å². The number of carboxylic acid groups (broad SMARTS) is 1. The second-order valence-corrected chi connectivity index (χ2v) is 7.59. The highest BCUT2D eigenvalue weighted by Crippen LogP contribution is 2.31. The molecule has 4 heterocycles. The van der Waals surface area contributed by atoms with Crippen LogP contribution in [0.5, 0.6) is 0 Å². The zero-order chi connectivity index (χ0) is 23.4. The maximum absolute atomic E-state index is 12.6. The molecule has 0 aliphatic carbocycles. The van der Waals surface area contributed by atoms with E-state index in [9.17, 15) is 18.0 Å². The molecule has 2 aliphatic heterocycles. The van der Waals surface area contributed by atoms with E-state index in [1.807, 2.05) is 24.2 Å². The van der Waals surface area contributed by atoms with E-state index in [1.54, 1.807) is 12.1 Å². The van der Waals surface area contributed by atoms with Crippen LogP contribution in [0.3, 0.4) is 0 Å². The molecule has 2 aromatic heterocycles. The second-order valence-electron chi connectivity index (χ2n) is 7.59. The Balaban J connectivity index is 0.000000360. The van der Waals surface area contributed by atoms with Crippen molar-refractivity contribution < 1.29 is 37.0 Å². The van der Waals surface area contributed by atoms with E-state index in [-0.39, 0.29) is 11.5 Å². The van der Waals surface area contributed by atoms with Gasteiger partial charge in [0, 0.05) is 32.0 Å². The molecular formula is C20H23F3N4O5. The van der Waals surface area contributed by atoms with Crippen LogP contribution in [-0.2, 0) is 9.53 Å². The van der Waals surface area contributed by atoms with Gasteiger partial charge in [-0.3, -0.25) is 4.79 Å². The van der Waals surface area contributed by atoms with E-state index >= 15 is 0 Å². The number of morpholine rings is 1. The second kappa shape index (κ2) is 9.55. The number of aromatic nitrogens is 2. The summed E-state index contributed by atoms with van der Waals surface area (Å²) < 4.78 is 43.1. The molecule has 2 aliphatic rings. The van der Waals surface area contributed by atoms with Crippen molar-refractivity contribution in [2.75, 3.05) is 37.7 Å². The summed E-state index contributed by atoms with van der Waals surface area (Å²) in [5, 5.41) is 7.12. The summed E-state index contributed by atoms with van der Waals surface area (Å²) in [5.74, 6) is -1.66. The molecule has 174 valence electrons. The number of furan rings is 1. The number of carbonyl (C=O) groups excluding carboxylic acids is 1.